The smallest absolute Gasteiger partial charge is 0.0641 e. The van der Waals surface area contributed by atoms with Gasteiger partial charge in [-0.3, -0.25) is 0 Å². The maximum Gasteiger partial charge on any atom is 0.0641 e. The van der Waals surface area contributed by atoms with E-state index in [2.05, 4.69) is 63.3 Å². The summed E-state index contributed by atoms with van der Waals surface area (Å²) < 4.78 is 5.79. The molecule has 1 N–H and O–H groups in total. The van der Waals surface area contributed by atoms with E-state index < -0.39 is 0 Å². The zero-order valence-corrected chi connectivity index (χ0v) is 13.4. The van der Waals surface area contributed by atoms with Crippen molar-refractivity contribution in [2.24, 2.45) is 5.92 Å². The summed E-state index contributed by atoms with van der Waals surface area (Å²) in [5, 5.41) is 3.78. The summed E-state index contributed by atoms with van der Waals surface area (Å²) in [7, 11) is 0. The van der Waals surface area contributed by atoms with Crippen LogP contribution in [0.1, 0.15) is 52.0 Å². The van der Waals surface area contributed by atoms with Crippen LogP contribution in [0.25, 0.3) is 0 Å². The highest BCUT2D eigenvalue weighted by molar-refractivity contribution is 5.20. The molecule has 2 nitrogen and oxygen atoms in total. The van der Waals surface area contributed by atoms with E-state index in [4.69, 9.17) is 4.74 Å². The van der Waals surface area contributed by atoms with Crippen LogP contribution in [-0.4, -0.2) is 24.8 Å². The quantitative estimate of drug-likeness (QED) is 0.878. The molecule has 0 saturated carbocycles. The molecule has 2 rings (SSSR count). The maximum absolute atomic E-state index is 5.79. The first kappa shape index (κ1) is 15.5. The molecule has 0 bridgehead atoms. The summed E-state index contributed by atoms with van der Waals surface area (Å²) in [6.07, 6.45) is 2.23. The van der Waals surface area contributed by atoms with Gasteiger partial charge >= 0.3 is 0 Å². The molecule has 1 aliphatic heterocycles. The van der Waals surface area contributed by atoms with Crippen molar-refractivity contribution in [3.05, 3.63) is 35.9 Å². The molecule has 20 heavy (non-hydrogen) atoms. The van der Waals surface area contributed by atoms with Gasteiger partial charge in [-0.25, -0.2) is 0 Å². The standard InChI is InChI=1S/C18H29NO/c1-14(2)17(15-8-6-5-7-9-15)13-19-16-10-11-20-18(3,4)12-16/h5-9,14,16-17,19H,10-13H2,1-4H3. The first-order valence-corrected chi connectivity index (χ1v) is 7.90. The van der Waals surface area contributed by atoms with Crippen molar-refractivity contribution in [3.8, 4) is 0 Å². The van der Waals surface area contributed by atoms with Crippen LogP contribution in [0.4, 0.5) is 0 Å². The van der Waals surface area contributed by atoms with Crippen molar-refractivity contribution in [2.75, 3.05) is 13.2 Å². The fraction of sp³-hybridized carbons (Fsp3) is 0.667. The molecule has 2 unspecified atom stereocenters. The SMILES string of the molecule is CC(C)C(CNC1CCOC(C)(C)C1)c1ccccc1. The summed E-state index contributed by atoms with van der Waals surface area (Å²) in [6, 6.07) is 11.5. The molecule has 1 aromatic rings. The molecule has 1 aromatic carbocycles. The Bertz CT molecular complexity index is 399. The van der Waals surface area contributed by atoms with Gasteiger partial charge in [-0.2, -0.15) is 0 Å². The highest BCUT2D eigenvalue weighted by Gasteiger charge is 2.29. The minimum Gasteiger partial charge on any atom is -0.375 e. The molecule has 0 radical (unpaired) electrons. The molecule has 1 fully saturated rings. The molecular weight excluding hydrogens is 246 g/mol. The second-order valence-corrected chi connectivity index (χ2v) is 6.97. The van der Waals surface area contributed by atoms with E-state index in [1.807, 2.05) is 0 Å². The van der Waals surface area contributed by atoms with E-state index in [-0.39, 0.29) is 5.60 Å². The molecule has 0 amide bonds. The van der Waals surface area contributed by atoms with Crippen LogP contribution in [0.3, 0.4) is 0 Å². The fourth-order valence-corrected chi connectivity index (χ4v) is 3.14. The molecule has 112 valence electrons. The van der Waals surface area contributed by atoms with E-state index in [1.165, 1.54) is 5.56 Å². The molecule has 0 aromatic heterocycles. The largest absolute Gasteiger partial charge is 0.375 e. The highest BCUT2D eigenvalue weighted by atomic mass is 16.5. The van der Waals surface area contributed by atoms with Crippen molar-refractivity contribution in [2.45, 2.75) is 58.1 Å². The van der Waals surface area contributed by atoms with Crippen LogP contribution in [0, 0.1) is 5.92 Å². The van der Waals surface area contributed by atoms with Crippen molar-refractivity contribution in [1.82, 2.24) is 5.32 Å². The Balaban J connectivity index is 1.93. The number of hydrogen-bond donors (Lipinski definition) is 1. The van der Waals surface area contributed by atoms with Crippen molar-refractivity contribution in [1.29, 1.82) is 0 Å². The summed E-state index contributed by atoms with van der Waals surface area (Å²) in [5.74, 6) is 1.24. The lowest BCUT2D eigenvalue weighted by Gasteiger charge is -2.37. The van der Waals surface area contributed by atoms with Gasteiger partial charge in [0.1, 0.15) is 0 Å². The number of benzene rings is 1. The van der Waals surface area contributed by atoms with E-state index in [0.29, 0.717) is 17.9 Å². The molecule has 1 aliphatic rings. The average molecular weight is 275 g/mol. The lowest BCUT2D eigenvalue weighted by Crippen LogP contribution is -2.45. The number of hydrogen-bond acceptors (Lipinski definition) is 2. The van der Waals surface area contributed by atoms with E-state index >= 15 is 0 Å². The Hall–Kier alpha value is -0.860. The topological polar surface area (TPSA) is 21.3 Å². The van der Waals surface area contributed by atoms with Gasteiger partial charge in [0.2, 0.25) is 0 Å². The Morgan fingerprint density at radius 2 is 1.95 bits per heavy atom. The minimum absolute atomic E-state index is 0.0238. The third-order valence-corrected chi connectivity index (χ3v) is 4.36. The lowest BCUT2D eigenvalue weighted by molar-refractivity contribution is -0.0630. The number of rotatable bonds is 5. The normalized spacial score (nSPS) is 23.8. The van der Waals surface area contributed by atoms with Gasteiger partial charge in [0.15, 0.2) is 0 Å². The van der Waals surface area contributed by atoms with Crippen molar-refractivity contribution < 1.29 is 4.74 Å². The lowest BCUT2D eigenvalue weighted by atomic mass is 9.87. The average Bonchev–Trinajstić information content (AvgIpc) is 2.38. The van der Waals surface area contributed by atoms with Gasteiger partial charge < -0.3 is 10.1 Å². The molecule has 0 aliphatic carbocycles. The van der Waals surface area contributed by atoms with Gasteiger partial charge in [-0.15, -0.1) is 0 Å². The van der Waals surface area contributed by atoms with Gasteiger partial charge in [0.25, 0.3) is 0 Å². The van der Waals surface area contributed by atoms with Gasteiger partial charge in [0.05, 0.1) is 5.60 Å². The zero-order chi connectivity index (χ0) is 14.6. The predicted molar refractivity (Wildman–Crippen MR) is 85.1 cm³/mol. The number of nitrogens with one attached hydrogen (secondary N) is 1. The van der Waals surface area contributed by atoms with Crippen LogP contribution in [0.2, 0.25) is 0 Å². The number of ether oxygens (including phenoxy) is 1. The third-order valence-electron chi connectivity index (χ3n) is 4.36. The molecule has 1 heterocycles. The van der Waals surface area contributed by atoms with Crippen LogP contribution >= 0.6 is 0 Å². The molecule has 0 spiro atoms. The van der Waals surface area contributed by atoms with E-state index in [9.17, 15) is 0 Å². The van der Waals surface area contributed by atoms with Crippen LogP contribution < -0.4 is 5.32 Å². The minimum atomic E-state index is 0.0238. The second kappa shape index (κ2) is 6.73. The summed E-state index contributed by atoms with van der Waals surface area (Å²) in [6.45, 7) is 10.9. The monoisotopic (exact) mass is 275 g/mol. The van der Waals surface area contributed by atoms with E-state index in [0.717, 1.165) is 26.0 Å². The van der Waals surface area contributed by atoms with Crippen LogP contribution in [-0.2, 0) is 4.74 Å². The first-order valence-electron chi connectivity index (χ1n) is 7.90. The summed E-state index contributed by atoms with van der Waals surface area (Å²) in [4.78, 5) is 0. The first-order chi connectivity index (χ1) is 9.48. The van der Waals surface area contributed by atoms with Crippen molar-refractivity contribution >= 4 is 0 Å². The summed E-state index contributed by atoms with van der Waals surface area (Å²) >= 11 is 0. The third kappa shape index (κ3) is 4.32. The zero-order valence-electron chi connectivity index (χ0n) is 13.4. The highest BCUT2D eigenvalue weighted by Crippen LogP contribution is 2.26. The Kier molecular flexibility index (Phi) is 5.22. The Labute approximate surface area is 123 Å². The Morgan fingerprint density at radius 3 is 2.55 bits per heavy atom. The van der Waals surface area contributed by atoms with Gasteiger partial charge in [0, 0.05) is 19.2 Å². The van der Waals surface area contributed by atoms with E-state index in [1.54, 1.807) is 0 Å². The molecule has 2 atom stereocenters. The Morgan fingerprint density at radius 1 is 1.25 bits per heavy atom. The molecule has 2 heteroatoms. The maximum atomic E-state index is 5.79. The fourth-order valence-electron chi connectivity index (χ4n) is 3.14. The summed E-state index contributed by atoms with van der Waals surface area (Å²) in [5.41, 5.74) is 1.47. The molecular formula is C18H29NO. The van der Waals surface area contributed by atoms with Crippen LogP contribution in [0.5, 0.6) is 0 Å². The van der Waals surface area contributed by atoms with Gasteiger partial charge in [-0.05, 0) is 44.1 Å². The van der Waals surface area contributed by atoms with Gasteiger partial charge in [-0.1, -0.05) is 44.2 Å². The second-order valence-electron chi connectivity index (χ2n) is 6.97. The molecule has 1 saturated heterocycles. The van der Waals surface area contributed by atoms with Crippen LogP contribution in [0.15, 0.2) is 30.3 Å². The predicted octanol–water partition coefficient (Wildman–Crippen LogP) is 3.97. The van der Waals surface area contributed by atoms with Crippen molar-refractivity contribution in [3.63, 3.8) is 0 Å².